The van der Waals surface area contributed by atoms with E-state index >= 15 is 0 Å². The third kappa shape index (κ3) is 5.82. The molecule has 2 nitrogen and oxygen atoms in total. The van der Waals surface area contributed by atoms with E-state index in [1.807, 2.05) is 18.2 Å². The first-order chi connectivity index (χ1) is 13.0. The molecule has 27 heavy (non-hydrogen) atoms. The molecule has 3 aromatic carbocycles. The summed E-state index contributed by atoms with van der Waals surface area (Å²) < 4.78 is 0. The fourth-order valence-electron chi connectivity index (χ4n) is 3.13. The Morgan fingerprint density at radius 3 is 1.96 bits per heavy atom. The molecular weight excluding hydrogens is 375 g/mol. The third-order valence-electron chi connectivity index (χ3n) is 4.55. The fraction of sp³-hybridized carbons (Fsp3) is 0.217. The lowest BCUT2D eigenvalue weighted by atomic mass is 10.1. The van der Waals surface area contributed by atoms with Crippen LogP contribution in [0, 0.1) is 6.92 Å². The van der Waals surface area contributed by atoms with Crippen molar-refractivity contribution in [3.63, 3.8) is 0 Å². The van der Waals surface area contributed by atoms with Crippen LogP contribution in [0.5, 0.6) is 0 Å². The van der Waals surface area contributed by atoms with Crippen LogP contribution in [0.15, 0.2) is 66.7 Å². The summed E-state index contributed by atoms with van der Waals surface area (Å²) in [5.41, 5.74) is 11.9. The predicted molar refractivity (Wildman–Crippen MR) is 115 cm³/mol. The summed E-state index contributed by atoms with van der Waals surface area (Å²) in [5, 5.41) is 1.18. The van der Waals surface area contributed by atoms with Crippen LogP contribution >= 0.6 is 23.2 Å². The number of nitrogens with zero attached hydrogens (tertiary/aromatic N) is 1. The Morgan fingerprint density at radius 1 is 0.704 bits per heavy atom. The largest absolute Gasteiger partial charge is 0.326 e. The molecule has 0 bridgehead atoms. The van der Waals surface area contributed by atoms with Gasteiger partial charge in [0, 0.05) is 26.2 Å². The Morgan fingerprint density at radius 2 is 1.30 bits per heavy atom. The fourth-order valence-corrected chi connectivity index (χ4v) is 3.45. The summed E-state index contributed by atoms with van der Waals surface area (Å²) >= 11 is 12.3. The van der Waals surface area contributed by atoms with Crippen LogP contribution in [-0.4, -0.2) is 4.90 Å². The predicted octanol–water partition coefficient (Wildman–Crippen LogP) is 5.96. The minimum atomic E-state index is 0.554. The van der Waals surface area contributed by atoms with Gasteiger partial charge in [0.25, 0.3) is 0 Å². The normalized spacial score (nSPS) is 11.1. The molecule has 0 amide bonds. The summed E-state index contributed by atoms with van der Waals surface area (Å²) in [6, 6.07) is 23.0. The summed E-state index contributed by atoms with van der Waals surface area (Å²) in [7, 11) is 0. The van der Waals surface area contributed by atoms with E-state index in [-0.39, 0.29) is 0 Å². The molecule has 3 aromatic rings. The quantitative estimate of drug-likeness (QED) is 0.531. The number of benzene rings is 3. The Kier molecular flexibility index (Phi) is 6.92. The maximum atomic E-state index is 6.21. The molecule has 0 unspecified atom stereocenters. The van der Waals surface area contributed by atoms with Crippen molar-refractivity contribution < 1.29 is 0 Å². The van der Waals surface area contributed by atoms with Crippen molar-refractivity contribution in [2.24, 2.45) is 5.73 Å². The van der Waals surface area contributed by atoms with Crippen molar-refractivity contribution in [1.29, 1.82) is 0 Å². The monoisotopic (exact) mass is 398 g/mol. The van der Waals surface area contributed by atoms with Gasteiger partial charge >= 0.3 is 0 Å². The molecule has 0 radical (unpaired) electrons. The molecule has 4 heteroatoms. The lowest BCUT2D eigenvalue weighted by Gasteiger charge is -2.23. The van der Waals surface area contributed by atoms with Gasteiger partial charge in [-0.1, -0.05) is 83.4 Å². The van der Waals surface area contributed by atoms with Crippen molar-refractivity contribution in [3.05, 3.63) is 105 Å². The van der Waals surface area contributed by atoms with Gasteiger partial charge in [0.1, 0.15) is 0 Å². The maximum Gasteiger partial charge on any atom is 0.0595 e. The first kappa shape index (κ1) is 19.9. The average molecular weight is 399 g/mol. The van der Waals surface area contributed by atoms with Gasteiger partial charge in [-0.05, 0) is 41.3 Å². The lowest BCUT2D eigenvalue weighted by Crippen LogP contribution is -2.22. The molecule has 140 valence electrons. The number of halogens is 2. The Balaban J connectivity index is 1.82. The highest BCUT2D eigenvalue weighted by Crippen LogP contribution is 2.24. The topological polar surface area (TPSA) is 29.3 Å². The van der Waals surface area contributed by atoms with Gasteiger partial charge in [-0.2, -0.15) is 0 Å². The maximum absolute atomic E-state index is 6.21. The van der Waals surface area contributed by atoms with E-state index in [4.69, 9.17) is 28.9 Å². The van der Waals surface area contributed by atoms with Crippen molar-refractivity contribution >= 4 is 23.2 Å². The SMILES string of the molecule is Cc1ccc(CN(Cc2cccc(CN)c2)Cc2ccc(Cl)c(Cl)c2)cc1. The molecule has 3 rings (SSSR count). The van der Waals surface area contributed by atoms with E-state index in [0.29, 0.717) is 16.6 Å². The second-order valence-electron chi connectivity index (χ2n) is 6.90. The van der Waals surface area contributed by atoms with Gasteiger partial charge in [-0.25, -0.2) is 0 Å². The van der Waals surface area contributed by atoms with Crippen molar-refractivity contribution in [2.45, 2.75) is 33.1 Å². The van der Waals surface area contributed by atoms with Crippen LogP contribution in [-0.2, 0) is 26.2 Å². The van der Waals surface area contributed by atoms with E-state index in [9.17, 15) is 0 Å². The Labute approximate surface area is 171 Å². The molecule has 0 aromatic heterocycles. The highest BCUT2D eigenvalue weighted by molar-refractivity contribution is 6.42. The van der Waals surface area contributed by atoms with Crippen molar-refractivity contribution in [1.82, 2.24) is 4.90 Å². The summed E-state index contributed by atoms with van der Waals surface area (Å²) in [4.78, 5) is 2.40. The molecule has 0 aliphatic carbocycles. The van der Waals surface area contributed by atoms with Gasteiger partial charge in [0.2, 0.25) is 0 Å². The second kappa shape index (κ2) is 9.38. The van der Waals surface area contributed by atoms with Crippen LogP contribution in [0.25, 0.3) is 0 Å². The van der Waals surface area contributed by atoms with Crippen LogP contribution in [0.4, 0.5) is 0 Å². The molecule has 2 N–H and O–H groups in total. The summed E-state index contributed by atoms with van der Waals surface area (Å²) in [6.07, 6.45) is 0. The van der Waals surface area contributed by atoms with E-state index in [1.54, 1.807) is 0 Å². The first-order valence-corrected chi connectivity index (χ1v) is 9.79. The number of hydrogen-bond acceptors (Lipinski definition) is 2. The number of nitrogens with two attached hydrogens (primary N) is 1. The number of rotatable bonds is 7. The van der Waals surface area contributed by atoms with E-state index < -0.39 is 0 Å². The number of aryl methyl sites for hydroxylation is 1. The Hall–Kier alpha value is -1.84. The molecule has 0 aliphatic heterocycles. The highest BCUT2D eigenvalue weighted by atomic mass is 35.5. The molecule has 0 fully saturated rings. The molecular formula is C23H24Cl2N2. The molecule has 0 saturated carbocycles. The minimum Gasteiger partial charge on any atom is -0.326 e. The van der Waals surface area contributed by atoms with Crippen molar-refractivity contribution in [3.8, 4) is 0 Å². The molecule has 0 saturated heterocycles. The average Bonchev–Trinajstić information content (AvgIpc) is 2.66. The second-order valence-corrected chi connectivity index (χ2v) is 7.72. The smallest absolute Gasteiger partial charge is 0.0595 e. The van der Waals surface area contributed by atoms with Gasteiger partial charge in [0.05, 0.1) is 10.0 Å². The zero-order valence-corrected chi connectivity index (χ0v) is 17.0. The van der Waals surface area contributed by atoms with Gasteiger partial charge in [0.15, 0.2) is 0 Å². The zero-order chi connectivity index (χ0) is 19.2. The van der Waals surface area contributed by atoms with Gasteiger partial charge < -0.3 is 5.73 Å². The van der Waals surface area contributed by atoms with E-state index in [1.165, 1.54) is 16.7 Å². The lowest BCUT2D eigenvalue weighted by molar-refractivity contribution is 0.247. The highest BCUT2D eigenvalue weighted by Gasteiger charge is 2.10. The summed E-state index contributed by atoms with van der Waals surface area (Å²) in [6.45, 7) is 5.14. The van der Waals surface area contributed by atoms with Crippen LogP contribution in [0.2, 0.25) is 10.0 Å². The molecule has 0 atom stereocenters. The van der Waals surface area contributed by atoms with E-state index in [0.717, 1.165) is 30.8 Å². The molecule has 0 aliphatic rings. The van der Waals surface area contributed by atoms with Crippen LogP contribution in [0.3, 0.4) is 0 Å². The molecule has 0 spiro atoms. The van der Waals surface area contributed by atoms with Crippen LogP contribution in [0.1, 0.15) is 27.8 Å². The minimum absolute atomic E-state index is 0.554. The van der Waals surface area contributed by atoms with Gasteiger partial charge in [-0.3, -0.25) is 4.90 Å². The van der Waals surface area contributed by atoms with Crippen molar-refractivity contribution in [2.75, 3.05) is 0 Å². The third-order valence-corrected chi connectivity index (χ3v) is 5.29. The van der Waals surface area contributed by atoms with Crippen LogP contribution < -0.4 is 5.73 Å². The summed E-state index contributed by atoms with van der Waals surface area (Å²) in [5.74, 6) is 0. The molecule has 0 heterocycles. The standard InChI is InChI=1S/C23H24Cl2N2/c1-17-5-7-18(8-6-17)14-27(15-20-4-2-3-19(11-20)13-26)16-21-9-10-22(24)23(25)12-21/h2-12H,13-16,26H2,1H3. The van der Waals surface area contributed by atoms with Gasteiger partial charge in [-0.15, -0.1) is 0 Å². The van der Waals surface area contributed by atoms with E-state index in [2.05, 4.69) is 60.4 Å². The Bertz CT molecular complexity index is 891. The first-order valence-electron chi connectivity index (χ1n) is 9.03. The zero-order valence-electron chi connectivity index (χ0n) is 15.5. The number of hydrogen-bond donors (Lipinski definition) is 1.